The molecule has 1 heterocycles. The summed E-state index contributed by atoms with van der Waals surface area (Å²) in [6.07, 6.45) is 1.14. The number of hydrogen-bond donors (Lipinski definition) is 1. The van der Waals surface area contributed by atoms with Crippen LogP contribution in [-0.2, 0) is 17.8 Å². The van der Waals surface area contributed by atoms with Crippen LogP contribution in [0.1, 0.15) is 32.1 Å². The van der Waals surface area contributed by atoms with Gasteiger partial charge in [0, 0.05) is 13.1 Å². The van der Waals surface area contributed by atoms with Gasteiger partial charge in [0.05, 0.1) is 31.1 Å². The van der Waals surface area contributed by atoms with E-state index in [-0.39, 0.29) is 5.60 Å². The number of nitrogens with zero attached hydrogens (tertiary/aromatic N) is 1. The van der Waals surface area contributed by atoms with Crippen LogP contribution < -0.4 is 0 Å². The number of benzene rings is 1. The van der Waals surface area contributed by atoms with Crippen molar-refractivity contribution in [2.45, 2.75) is 45.6 Å². The van der Waals surface area contributed by atoms with Crippen molar-refractivity contribution in [3.63, 3.8) is 0 Å². The molecule has 0 fully saturated rings. The summed E-state index contributed by atoms with van der Waals surface area (Å²) in [4.78, 5) is 2.17. The summed E-state index contributed by atoms with van der Waals surface area (Å²) < 4.78 is 11.1. The Kier molecular flexibility index (Phi) is 6.39. The van der Waals surface area contributed by atoms with Crippen LogP contribution in [0.5, 0.6) is 0 Å². The molecule has 126 valence electrons. The molecular formula is C19H27NO3. The van der Waals surface area contributed by atoms with Crippen molar-refractivity contribution in [1.29, 1.82) is 0 Å². The fraction of sp³-hybridized carbons (Fsp3) is 0.474. The molecule has 0 saturated carbocycles. The molecule has 2 rings (SSSR count). The zero-order valence-corrected chi connectivity index (χ0v) is 14.2. The van der Waals surface area contributed by atoms with Crippen LogP contribution in [0.15, 0.2) is 53.1 Å². The maximum atomic E-state index is 10.3. The number of ether oxygens (including phenoxy) is 1. The third-order valence-electron chi connectivity index (χ3n) is 3.39. The van der Waals surface area contributed by atoms with Crippen molar-refractivity contribution >= 4 is 0 Å². The summed E-state index contributed by atoms with van der Waals surface area (Å²) in [6.45, 7) is 8.25. The quantitative estimate of drug-likeness (QED) is 0.810. The van der Waals surface area contributed by atoms with Gasteiger partial charge in [0.1, 0.15) is 5.76 Å². The molecule has 23 heavy (non-hydrogen) atoms. The summed E-state index contributed by atoms with van der Waals surface area (Å²) in [5.74, 6) is 0.893. The van der Waals surface area contributed by atoms with Crippen LogP contribution in [0.2, 0.25) is 0 Å². The molecular weight excluding hydrogens is 290 g/mol. The third-order valence-corrected chi connectivity index (χ3v) is 3.39. The van der Waals surface area contributed by atoms with Crippen molar-refractivity contribution in [1.82, 2.24) is 4.90 Å². The van der Waals surface area contributed by atoms with Gasteiger partial charge in [-0.3, -0.25) is 4.90 Å². The first kappa shape index (κ1) is 17.7. The van der Waals surface area contributed by atoms with Crippen LogP contribution in [0.3, 0.4) is 0 Å². The maximum Gasteiger partial charge on any atom is 0.117 e. The van der Waals surface area contributed by atoms with Crippen LogP contribution in [0.25, 0.3) is 0 Å². The molecule has 4 heteroatoms. The van der Waals surface area contributed by atoms with E-state index in [1.165, 1.54) is 5.56 Å². The van der Waals surface area contributed by atoms with E-state index in [1.54, 1.807) is 6.26 Å². The van der Waals surface area contributed by atoms with E-state index >= 15 is 0 Å². The normalized spacial score (nSPS) is 13.4. The topological polar surface area (TPSA) is 45.8 Å². The number of aliphatic hydroxyl groups is 1. The lowest BCUT2D eigenvalue weighted by atomic mass is 10.2. The van der Waals surface area contributed by atoms with Gasteiger partial charge in [-0.2, -0.15) is 0 Å². The molecule has 0 aliphatic heterocycles. The van der Waals surface area contributed by atoms with Gasteiger partial charge in [0.25, 0.3) is 0 Å². The van der Waals surface area contributed by atoms with E-state index in [4.69, 9.17) is 9.15 Å². The van der Waals surface area contributed by atoms with Gasteiger partial charge in [-0.25, -0.2) is 0 Å². The molecule has 1 aromatic carbocycles. The lowest BCUT2D eigenvalue weighted by molar-refractivity contribution is -0.0576. The second-order valence-corrected chi connectivity index (χ2v) is 6.81. The lowest BCUT2D eigenvalue weighted by Gasteiger charge is -2.27. The SMILES string of the molecule is CC(C)(C)OC[C@H](O)CN(Cc1ccccc1)Cc1ccco1. The summed E-state index contributed by atoms with van der Waals surface area (Å²) in [5, 5.41) is 10.3. The molecule has 0 aliphatic carbocycles. The van der Waals surface area contributed by atoms with Crippen LogP contribution in [0.4, 0.5) is 0 Å². The molecule has 0 aliphatic rings. The van der Waals surface area contributed by atoms with Gasteiger partial charge in [-0.15, -0.1) is 0 Å². The first-order chi connectivity index (χ1) is 10.9. The largest absolute Gasteiger partial charge is 0.468 e. The predicted octanol–water partition coefficient (Wildman–Crippen LogP) is 3.46. The summed E-state index contributed by atoms with van der Waals surface area (Å²) in [7, 11) is 0. The lowest BCUT2D eigenvalue weighted by Crippen LogP contribution is -2.36. The van der Waals surface area contributed by atoms with Gasteiger partial charge >= 0.3 is 0 Å². The van der Waals surface area contributed by atoms with E-state index in [2.05, 4.69) is 17.0 Å². The van der Waals surface area contributed by atoms with Crippen molar-refractivity contribution in [2.24, 2.45) is 0 Å². The Bertz CT molecular complexity index is 546. The second kappa shape index (κ2) is 8.29. The molecule has 1 aromatic heterocycles. The predicted molar refractivity (Wildman–Crippen MR) is 91.0 cm³/mol. The van der Waals surface area contributed by atoms with E-state index < -0.39 is 6.10 Å². The van der Waals surface area contributed by atoms with Crippen molar-refractivity contribution in [3.05, 3.63) is 60.1 Å². The standard InChI is InChI=1S/C19H27NO3/c1-19(2,3)23-15-17(21)13-20(14-18-10-7-11-22-18)12-16-8-5-4-6-9-16/h4-11,17,21H,12-15H2,1-3H3/t17-/m1/s1. The highest BCUT2D eigenvalue weighted by molar-refractivity contribution is 5.14. The van der Waals surface area contributed by atoms with Gasteiger partial charge in [-0.1, -0.05) is 30.3 Å². The number of rotatable bonds is 8. The van der Waals surface area contributed by atoms with Crippen molar-refractivity contribution in [3.8, 4) is 0 Å². The maximum absolute atomic E-state index is 10.3. The Balaban J connectivity index is 1.95. The number of hydrogen-bond acceptors (Lipinski definition) is 4. The minimum absolute atomic E-state index is 0.244. The summed E-state index contributed by atoms with van der Waals surface area (Å²) in [6, 6.07) is 14.1. The molecule has 0 amide bonds. The van der Waals surface area contributed by atoms with Gasteiger partial charge < -0.3 is 14.3 Å². The van der Waals surface area contributed by atoms with E-state index in [9.17, 15) is 5.11 Å². The fourth-order valence-electron chi connectivity index (χ4n) is 2.35. The minimum Gasteiger partial charge on any atom is -0.468 e. The van der Waals surface area contributed by atoms with Gasteiger partial charge in [0.2, 0.25) is 0 Å². The Labute approximate surface area is 138 Å². The molecule has 0 bridgehead atoms. The fourth-order valence-corrected chi connectivity index (χ4v) is 2.35. The molecule has 1 atom stereocenters. The first-order valence-electron chi connectivity index (χ1n) is 8.03. The highest BCUT2D eigenvalue weighted by Crippen LogP contribution is 2.13. The zero-order valence-electron chi connectivity index (χ0n) is 14.2. The number of aliphatic hydroxyl groups excluding tert-OH is 1. The summed E-state index contributed by atoms with van der Waals surface area (Å²) in [5.41, 5.74) is 0.967. The van der Waals surface area contributed by atoms with Crippen molar-refractivity contribution in [2.75, 3.05) is 13.2 Å². The molecule has 1 N–H and O–H groups in total. The molecule has 2 aromatic rings. The van der Waals surface area contributed by atoms with Crippen LogP contribution >= 0.6 is 0 Å². The van der Waals surface area contributed by atoms with E-state index in [1.807, 2.05) is 51.1 Å². The molecule has 0 spiro atoms. The average Bonchev–Trinajstić information content (AvgIpc) is 2.98. The smallest absolute Gasteiger partial charge is 0.117 e. The minimum atomic E-state index is -0.534. The highest BCUT2D eigenvalue weighted by Gasteiger charge is 2.17. The Morgan fingerprint density at radius 3 is 2.43 bits per heavy atom. The molecule has 0 radical (unpaired) electrons. The van der Waals surface area contributed by atoms with E-state index in [0.717, 1.165) is 12.3 Å². The Morgan fingerprint density at radius 1 is 1.09 bits per heavy atom. The third kappa shape index (κ3) is 6.99. The summed E-state index contributed by atoms with van der Waals surface area (Å²) >= 11 is 0. The molecule has 4 nitrogen and oxygen atoms in total. The first-order valence-corrected chi connectivity index (χ1v) is 8.03. The average molecular weight is 317 g/mol. The monoisotopic (exact) mass is 317 g/mol. The molecule has 0 saturated heterocycles. The zero-order chi connectivity index (χ0) is 16.7. The Morgan fingerprint density at radius 2 is 1.83 bits per heavy atom. The van der Waals surface area contributed by atoms with Crippen LogP contribution in [-0.4, -0.2) is 34.9 Å². The number of furan rings is 1. The van der Waals surface area contributed by atoms with E-state index in [0.29, 0.717) is 19.7 Å². The second-order valence-electron chi connectivity index (χ2n) is 6.81. The van der Waals surface area contributed by atoms with Crippen molar-refractivity contribution < 1.29 is 14.3 Å². The Hall–Kier alpha value is -1.62. The van der Waals surface area contributed by atoms with Gasteiger partial charge in [-0.05, 0) is 38.5 Å². The van der Waals surface area contributed by atoms with Crippen LogP contribution in [0, 0.1) is 0 Å². The molecule has 0 unspecified atom stereocenters. The highest BCUT2D eigenvalue weighted by atomic mass is 16.5. The van der Waals surface area contributed by atoms with Gasteiger partial charge in [0.15, 0.2) is 0 Å².